The molecule has 0 radical (unpaired) electrons. The van der Waals surface area contributed by atoms with Crippen molar-refractivity contribution in [3.05, 3.63) is 89.2 Å². The van der Waals surface area contributed by atoms with Crippen LogP contribution in [0.15, 0.2) is 67.0 Å². The molecule has 0 fully saturated rings. The number of likely N-dealkylation sites (N-methyl/N-ethyl adjacent to an activating group) is 1. The van der Waals surface area contributed by atoms with Crippen molar-refractivity contribution in [3.8, 4) is 5.75 Å². The third-order valence-corrected chi connectivity index (χ3v) is 7.03. The maximum Gasteiger partial charge on any atom is 0.335 e. The molecule has 0 saturated carbocycles. The lowest BCUT2D eigenvalue weighted by molar-refractivity contribution is 0.0343. The number of hydrogen-bond donors (Lipinski definition) is 3. The Kier molecular flexibility index (Phi) is 9.13. The zero-order valence-electron chi connectivity index (χ0n) is 22.8. The monoisotopic (exact) mass is 546 g/mol. The number of carboxylic acids is 1. The van der Waals surface area contributed by atoms with Crippen LogP contribution in [0.1, 0.15) is 50.5 Å². The molecule has 0 saturated heterocycles. The van der Waals surface area contributed by atoms with Crippen LogP contribution in [0, 0.1) is 5.92 Å². The molecular weight excluding hydrogens is 512 g/mol. The van der Waals surface area contributed by atoms with Gasteiger partial charge in [0.2, 0.25) is 0 Å². The van der Waals surface area contributed by atoms with Gasteiger partial charge in [0, 0.05) is 43.5 Å². The van der Waals surface area contributed by atoms with E-state index in [1.807, 2.05) is 14.0 Å². The van der Waals surface area contributed by atoms with Gasteiger partial charge in [-0.25, -0.2) is 4.79 Å². The van der Waals surface area contributed by atoms with E-state index in [2.05, 4.69) is 15.2 Å². The van der Waals surface area contributed by atoms with Crippen molar-refractivity contribution in [2.24, 2.45) is 5.92 Å². The van der Waals surface area contributed by atoms with Crippen LogP contribution in [-0.4, -0.2) is 81.7 Å². The number of nitrogens with one attached hydrogen (secondary N) is 1. The molecule has 210 valence electrons. The summed E-state index contributed by atoms with van der Waals surface area (Å²) in [5.41, 5.74) is 2.26. The number of aromatic nitrogens is 1. The van der Waals surface area contributed by atoms with Crippen LogP contribution in [-0.2, 0) is 6.54 Å². The van der Waals surface area contributed by atoms with Gasteiger partial charge in [0.05, 0.1) is 29.5 Å². The number of nitrogens with zero attached hydrogens (tertiary/aromatic N) is 3. The average molecular weight is 547 g/mol. The number of para-hydroxylation sites is 1. The molecule has 1 aliphatic rings. The topological polar surface area (TPSA) is 132 Å². The van der Waals surface area contributed by atoms with Crippen LogP contribution in [0.5, 0.6) is 5.75 Å². The Hall–Kier alpha value is -4.28. The molecule has 3 atom stereocenters. The van der Waals surface area contributed by atoms with Crippen LogP contribution in [0.25, 0.3) is 0 Å². The van der Waals surface area contributed by atoms with Gasteiger partial charge in [0.25, 0.3) is 11.8 Å². The molecule has 0 bridgehead atoms. The van der Waals surface area contributed by atoms with Crippen molar-refractivity contribution < 1.29 is 29.3 Å². The molecule has 3 N–H and O–H groups in total. The molecule has 0 aliphatic carbocycles. The van der Waals surface area contributed by atoms with Crippen LogP contribution >= 0.6 is 0 Å². The predicted molar refractivity (Wildman–Crippen MR) is 150 cm³/mol. The molecular formula is C30H34N4O6. The van der Waals surface area contributed by atoms with Crippen molar-refractivity contribution in [2.45, 2.75) is 32.5 Å². The number of aliphatic hydroxyl groups excluding tert-OH is 1. The fourth-order valence-corrected chi connectivity index (χ4v) is 4.69. The quantitative estimate of drug-likeness (QED) is 0.372. The summed E-state index contributed by atoms with van der Waals surface area (Å²) < 4.78 is 6.55. The Balaban J connectivity index is 1.64. The number of benzene rings is 2. The number of fused-ring (bicyclic) bond motifs is 1. The average Bonchev–Trinajstić information content (AvgIpc) is 2.95. The van der Waals surface area contributed by atoms with Gasteiger partial charge in [0.1, 0.15) is 6.10 Å². The Bertz CT molecular complexity index is 1350. The molecule has 1 aliphatic heterocycles. The Morgan fingerprint density at radius 1 is 1.12 bits per heavy atom. The Morgan fingerprint density at radius 2 is 1.82 bits per heavy atom. The van der Waals surface area contributed by atoms with E-state index in [0.717, 1.165) is 5.56 Å². The molecule has 40 heavy (non-hydrogen) atoms. The third-order valence-electron chi connectivity index (χ3n) is 7.03. The second-order valence-electron chi connectivity index (χ2n) is 10.2. The minimum atomic E-state index is -0.974. The second kappa shape index (κ2) is 12.7. The van der Waals surface area contributed by atoms with E-state index < -0.39 is 12.0 Å². The van der Waals surface area contributed by atoms with Crippen molar-refractivity contribution in [3.63, 3.8) is 0 Å². The fourth-order valence-electron chi connectivity index (χ4n) is 4.69. The summed E-state index contributed by atoms with van der Waals surface area (Å²) >= 11 is 0. The lowest BCUT2D eigenvalue weighted by atomic mass is 9.98. The number of rotatable bonds is 9. The largest absolute Gasteiger partial charge is 0.486 e. The highest BCUT2D eigenvalue weighted by molar-refractivity contribution is 6.07. The fraction of sp³-hybridized carbons (Fsp3) is 0.333. The zero-order chi connectivity index (χ0) is 28.8. The highest BCUT2D eigenvalue weighted by Gasteiger charge is 2.34. The van der Waals surface area contributed by atoms with Gasteiger partial charge in [-0.15, -0.1) is 0 Å². The number of aliphatic hydroxyl groups is 1. The van der Waals surface area contributed by atoms with Crippen LogP contribution in [0.4, 0.5) is 5.69 Å². The summed E-state index contributed by atoms with van der Waals surface area (Å²) in [6.07, 6.45) is 2.69. The van der Waals surface area contributed by atoms with E-state index in [-0.39, 0.29) is 41.8 Å². The standard InChI is InChI=1S/C30H34N4O6/c1-19-15-34(20(2)18-35)29(37)24-5-4-6-25(32-28(36)22-11-13-31-14-12-22)27(24)40-26(19)17-33(3)16-21-7-9-23(10-8-21)30(38)39/h4-14,19-20,26,35H,15-18H2,1-3H3,(H,32,36)(H,38,39)/t19-,20+,26-/m0/s1. The summed E-state index contributed by atoms with van der Waals surface area (Å²) in [6, 6.07) is 14.6. The van der Waals surface area contributed by atoms with E-state index >= 15 is 0 Å². The number of carboxylic acid groups (broad SMARTS) is 1. The number of pyridine rings is 1. The summed E-state index contributed by atoms with van der Waals surface area (Å²) in [5.74, 6) is -1.46. The number of amides is 2. The molecule has 10 nitrogen and oxygen atoms in total. The highest BCUT2D eigenvalue weighted by atomic mass is 16.5. The van der Waals surface area contributed by atoms with E-state index in [9.17, 15) is 24.6 Å². The van der Waals surface area contributed by atoms with Gasteiger partial charge in [-0.1, -0.05) is 25.1 Å². The Labute approximate surface area is 233 Å². The van der Waals surface area contributed by atoms with E-state index in [1.165, 1.54) is 12.4 Å². The van der Waals surface area contributed by atoms with Crippen molar-refractivity contribution in [2.75, 3.05) is 32.1 Å². The molecule has 3 aromatic rings. The number of anilines is 1. The minimum absolute atomic E-state index is 0.119. The van der Waals surface area contributed by atoms with E-state index in [1.54, 1.807) is 66.4 Å². The van der Waals surface area contributed by atoms with Gasteiger partial charge >= 0.3 is 5.97 Å². The first kappa shape index (κ1) is 28.7. The molecule has 1 aromatic heterocycles. The van der Waals surface area contributed by atoms with Crippen LogP contribution < -0.4 is 10.1 Å². The van der Waals surface area contributed by atoms with Gasteiger partial charge in [-0.2, -0.15) is 0 Å². The maximum atomic E-state index is 13.7. The van der Waals surface area contributed by atoms with Gasteiger partial charge in [-0.3, -0.25) is 19.5 Å². The molecule has 2 heterocycles. The van der Waals surface area contributed by atoms with Crippen molar-refractivity contribution >= 4 is 23.5 Å². The number of aromatic carboxylic acids is 1. The third kappa shape index (κ3) is 6.64. The summed E-state index contributed by atoms with van der Waals surface area (Å²) in [6.45, 7) is 5.01. The van der Waals surface area contributed by atoms with Gasteiger partial charge in [0.15, 0.2) is 5.75 Å². The normalized spacial score (nSPS) is 17.8. The predicted octanol–water partition coefficient (Wildman–Crippen LogP) is 3.38. The molecule has 10 heteroatoms. The van der Waals surface area contributed by atoms with Crippen molar-refractivity contribution in [1.29, 1.82) is 0 Å². The first-order valence-electron chi connectivity index (χ1n) is 13.1. The molecule has 4 rings (SSSR count). The number of ether oxygens (including phenoxy) is 1. The smallest absolute Gasteiger partial charge is 0.335 e. The summed E-state index contributed by atoms with van der Waals surface area (Å²) in [7, 11) is 1.94. The molecule has 0 unspecified atom stereocenters. The van der Waals surface area contributed by atoms with Crippen LogP contribution in [0.3, 0.4) is 0 Å². The number of hydrogen-bond acceptors (Lipinski definition) is 7. The Morgan fingerprint density at radius 3 is 2.48 bits per heavy atom. The highest BCUT2D eigenvalue weighted by Crippen LogP contribution is 2.35. The summed E-state index contributed by atoms with van der Waals surface area (Å²) in [4.78, 5) is 45.5. The molecule has 0 spiro atoms. The number of carbonyl (C=O) groups is 3. The van der Waals surface area contributed by atoms with E-state index in [4.69, 9.17) is 4.74 Å². The zero-order valence-corrected chi connectivity index (χ0v) is 22.8. The van der Waals surface area contributed by atoms with Crippen LogP contribution in [0.2, 0.25) is 0 Å². The summed E-state index contributed by atoms with van der Waals surface area (Å²) in [5, 5.41) is 22.0. The van der Waals surface area contributed by atoms with Gasteiger partial charge < -0.3 is 25.2 Å². The van der Waals surface area contributed by atoms with Gasteiger partial charge in [-0.05, 0) is 55.9 Å². The number of carbonyl (C=O) groups excluding carboxylic acids is 2. The first-order chi connectivity index (χ1) is 19.2. The molecule has 2 aromatic carbocycles. The lowest BCUT2D eigenvalue weighted by Crippen LogP contribution is -2.49. The van der Waals surface area contributed by atoms with Crippen molar-refractivity contribution in [1.82, 2.24) is 14.8 Å². The lowest BCUT2D eigenvalue weighted by Gasteiger charge is -2.38. The SMILES string of the molecule is C[C@H](CO)N1C[C@H](C)[C@H](CN(C)Cc2ccc(C(=O)O)cc2)Oc2c(NC(=O)c3ccncc3)cccc2C1=O. The van der Waals surface area contributed by atoms with E-state index in [0.29, 0.717) is 36.4 Å². The first-order valence-corrected chi connectivity index (χ1v) is 13.1. The maximum absolute atomic E-state index is 13.7. The second-order valence-corrected chi connectivity index (χ2v) is 10.2. The molecule has 2 amide bonds. The minimum Gasteiger partial charge on any atom is -0.486 e.